The van der Waals surface area contributed by atoms with E-state index in [0.717, 1.165) is 18.4 Å². The minimum atomic E-state index is -5.08. The smallest absolute Gasteiger partial charge is 0.475 e. The molecular weight excluding hydrogens is 431 g/mol. The third-order valence-corrected chi connectivity index (χ3v) is 5.07. The second-order valence-electron chi connectivity index (χ2n) is 7.32. The molecule has 3 atom stereocenters. The maximum Gasteiger partial charge on any atom is 0.490 e. The van der Waals surface area contributed by atoms with Gasteiger partial charge in [0.2, 0.25) is 5.88 Å². The Hall–Kier alpha value is -3.21. The first kappa shape index (κ1) is 23.5. The van der Waals surface area contributed by atoms with E-state index in [0.29, 0.717) is 24.7 Å². The number of likely N-dealkylation sites (tertiary alicyclic amines) is 1. The molecule has 8 nitrogen and oxygen atoms in total. The molecule has 0 radical (unpaired) electrons. The summed E-state index contributed by atoms with van der Waals surface area (Å²) in [5, 5.41) is 7.12. The largest absolute Gasteiger partial charge is 0.490 e. The van der Waals surface area contributed by atoms with E-state index in [1.807, 2.05) is 42.2 Å². The summed E-state index contributed by atoms with van der Waals surface area (Å²) in [4.78, 5) is 32.2. The zero-order chi connectivity index (χ0) is 23.3. The van der Waals surface area contributed by atoms with Crippen molar-refractivity contribution in [2.45, 2.75) is 44.2 Å². The molecule has 0 aliphatic carbocycles. The molecule has 1 amide bonds. The number of hydrogen-bond acceptors (Lipinski definition) is 6. The minimum absolute atomic E-state index is 0.0253. The monoisotopic (exact) mass is 453 g/mol. The molecule has 2 aromatic heterocycles. The van der Waals surface area contributed by atoms with Gasteiger partial charge in [-0.05, 0) is 37.1 Å². The fourth-order valence-corrected chi connectivity index (χ4v) is 3.64. The molecule has 4 heterocycles. The number of carbonyl (C=O) groups excluding carboxylic acids is 1. The molecule has 1 N–H and O–H groups in total. The number of carboxylic acids is 1. The lowest BCUT2D eigenvalue weighted by atomic mass is 9.95. The van der Waals surface area contributed by atoms with E-state index in [4.69, 9.17) is 19.4 Å². The van der Waals surface area contributed by atoms with Gasteiger partial charge in [0.1, 0.15) is 17.9 Å². The molecule has 2 aliphatic rings. The van der Waals surface area contributed by atoms with Crippen LogP contribution in [0, 0.1) is 6.92 Å². The highest BCUT2D eigenvalue weighted by Crippen LogP contribution is 2.31. The predicted octanol–water partition coefficient (Wildman–Crippen LogP) is 2.87. The fourth-order valence-electron chi connectivity index (χ4n) is 3.64. The molecule has 2 aliphatic heterocycles. The van der Waals surface area contributed by atoms with Crippen molar-refractivity contribution in [1.29, 1.82) is 0 Å². The van der Waals surface area contributed by atoms with E-state index in [1.54, 1.807) is 12.4 Å². The number of carbonyl (C=O) groups is 2. The van der Waals surface area contributed by atoms with Crippen LogP contribution in [0.15, 0.2) is 42.7 Å². The molecule has 0 unspecified atom stereocenters. The lowest BCUT2D eigenvalue weighted by molar-refractivity contribution is -0.192. The van der Waals surface area contributed by atoms with Crippen molar-refractivity contribution in [3.63, 3.8) is 0 Å². The van der Waals surface area contributed by atoms with Crippen LogP contribution in [0.1, 0.15) is 28.9 Å². The minimum Gasteiger partial charge on any atom is -0.475 e. The molecule has 0 bridgehead atoms. The molecule has 2 saturated heterocycles. The number of carboxylic acid groups (broad SMARTS) is 1. The zero-order valence-electron chi connectivity index (χ0n) is 17.2. The Morgan fingerprint density at radius 3 is 2.56 bits per heavy atom. The van der Waals surface area contributed by atoms with Crippen molar-refractivity contribution in [3.8, 4) is 5.88 Å². The molecular formula is C21H22F3N3O5. The van der Waals surface area contributed by atoms with Crippen LogP contribution >= 0.6 is 0 Å². The molecule has 0 saturated carbocycles. The number of ether oxygens (including phenoxy) is 2. The van der Waals surface area contributed by atoms with E-state index in [1.165, 1.54) is 0 Å². The summed E-state index contributed by atoms with van der Waals surface area (Å²) in [5.74, 6) is -2.19. The normalized spacial score (nSPS) is 22.4. The highest BCUT2D eigenvalue weighted by atomic mass is 19.4. The Labute approximate surface area is 182 Å². The lowest BCUT2D eigenvalue weighted by Gasteiger charge is -2.40. The SMILES string of the molecule is Cc1ccnc(C(=O)N2CC[C@@H](Oc3ccccn3)[C@H]3OCC[C@@H]32)c1.O=C(O)C(F)(F)F. The third-order valence-electron chi connectivity index (χ3n) is 5.07. The van der Waals surface area contributed by atoms with Crippen LogP contribution in [0.4, 0.5) is 13.2 Å². The highest BCUT2D eigenvalue weighted by molar-refractivity contribution is 5.92. The lowest BCUT2D eigenvalue weighted by Crippen LogP contribution is -2.56. The van der Waals surface area contributed by atoms with Gasteiger partial charge in [-0.15, -0.1) is 0 Å². The predicted molar refractivity (Wildman–Crippen MR) is 105 cm³/mol. The molecule has 0 spiro atoms. The first-order valence-electron chi connectivity index (χ1n) is 9.90. The average molecular weight is 453 g/mol. The number of aliphatic carboxylic acids is 1. The van der Waals surface area contributed by atoms with Crippen molar-refractivity contribution in [2.75, 3.05) is 13.2 Å². The van der Waals surface area contributed by atoms with Crippen LogP contribution in [0.5, 0.6) is 5.88 Å². The number of nitrogens with zero attached hydrogens (tertiary/aromatic N) is 3. The summed E-state index contributed by atoms with van der Waals surface area (Å²) in [6.07, 6.45) is -0.354. The van der Waals surface area contributed by atoms with Gasteiger partial charge < -0.3 is 19.5 Å². The number of pyridine rings is 2. The van der Waals surface area contributed by atoms with Crippen molar-refractivity contribution in [1.82, 2.24) is 14.9 Å². The number of alkyl halides is 3. The van der Waals surface area contributed by atoms with Gasteiger partial charge in [-0.25, -0.2) is 9.78 Å². The van der Waals surface area contributed by atoms with Crippen LogP contribution in [0.3, 0.4) is 0 Å². The summed E-state index contributed by atoms with van der Waals surface area (Å²) in [6.45, 7) is 3.24. The maximum absolute atomic E-state index is 12.9. The second-order valence-corrected chi connectivity index (χ2v) is 7.32. The topological polar surface area (TPSA) is 102 Å². The second kappa shape index (κ2) is 9.94. The Morgan fingerprint density at radius 1 is 1.19 bits per heavy atom. The van der Waals surface area contributed by atoms with Gasteiger partial charge in [0.25, 0.3) is 5.91 Å². The van der Waals surface area contributed by atoms with Gasteiger partial charge >= 0.3 is 12.1 Å². The summed E-state index contributed by atoms with van der Waals surface area (Å²) in [6, 6.07) is 9.36. The molecule has 11 heteroatoms. The number of halogens is 3. The Balaban J connectivity index is 0.000000360. The number of amides is 1. The summed E-state index contributed by atoms with van der Waals surface area (Å²) < 4.78 is 43.7. The summed E-state index contributed by atoms with van der Waals surface area (Å²) in [5.41, 5.74) is 1.53. The van der Waals surface area contributed by atoms with Gasteiger partial charge in [-0.2, -0.15) is 13.2 Å². The highest BCUT2D eigenvalue weighted by Gasteiger charge is 2.45. The van der Waals surface area contributed by atoms with Crippen LogP contribution in [0.2, 0.25) is 0 Å². The standard InChI is InChI=1S/C19H21N3O3.C2HF3O2/c1-13-5-9-20-14(12-13)19(23)22-10-6-16(18-15(22)7-11-24-18)25-17-4-2-3-8-21-17;3-2(4,5)1(6)7/h2-5,8-9,12,15-16,18H,6-7,10-11H2,1H3;(H,6,7)/t15-,16+,18-;/m0./s1. The van der Waals surface area contributed by atoms with Gasteiger partial charge in [0, 0.05) is 38.0 Å². The molecule has 2 fully saturated rings. The number of rotatable bonds is 3. The summed E-state index contributed by atoms with van der Waals surface area (Å²) in [7, 11) is 0. The van der Waals surface area contributed by atoms with Crippen molar-refractivity contribution in [3.05, 3.63) is 54.0 Å². The maximum atomic E-state index is 12.9. The van der Waals surface area contributed by atoms with Crippen LogP contribution < -0.4 is 4.74 Å². The quantitative estimate of drug-likeness (QED) is 0.763. The first-order valence-corrected chi connectivity index (χ1v) is 9.90. The Kier molecular flexibility index (Phi) is 7.29. The third kappa shape index (κ3) is 5.72. The van der Waals surface area contributed by atoms with E-state index >= 15 is 0 Å². The molecule has 32 heavy (non-hydrogen) atoms. The van der Waals surface area contributed by atoms with Crippen LogP contribution in [0.25, 0.3) is 0 Å². The number of hydrogen-bond donors (Lipinski definition) is 1. The molecule has 172 valence electrons. The zero-order valence-corrected chi connectivity index (χ0v) is 17.2. The number of aromatic nitrogens is 2. The average Bonchev–Trinajstić information content (AvgIpc) is 3.24. The van der Waals surface area contributed by atoms with E-state index < -0.39 is 12.1 Å². The van der Waals surface area contributed by atoms with Crippen molar-refractivity contribution < 1.29 is 37.3 Å². The number of piperidine rings is 1. The Bertz CT molecular complexity index is 942. The van der Waals surface area contributed by atoms with E-state index in [-0.39, 0.29) is 24.2 Å². The van der Waals surface area contributed by atoms with Gasteiger partial charge in [0.15, 0.2) is 0 Å². The molecule has 2 aromatic rings. The van der Waals surface area contributed by atoms with Crippen molar-refractivity contribution >= 4 is 11.9 Å². The van der Waals surface area contributed by atoms with E-state index in [2.05, 4.69) is 9.97 Å². The molecule has 0 aromatic carbocycles. The van der Waals surface area contributed by atoms with Crippen molar-refractivity contribution in [2.24, 2.45) is 0 Å². The number of aryl methyl sites for hydroxylation is 1. The van der Waals surface area contributed by atoms with Crippen LogP contribution in [-0.4, -0.2) is 69.4 Å². The molecule has 4 rings (SSSR count). The summed E-state index contributed by atoms with van der Waals surface area (Å²) >= 11 is 0. The first-order chi connectivity index (χ1) is 15.2. The van der Waals surface area contributed by atoms with E-state index in [9.17, 15) is 18.0 Å². The van der Waals surface area contributed by atoms with Gasteiger partial charge in [0.05, 0.1) is 6.04 Å². The van der Waals surface area contributed by atoms with Gasteiger partial charge in [-0.3, -0.25) is 9.78 Å². The Morgan fingerprint density at radius 2 is 1.94 bits per heavy atom. The fraction of sp³-hybridized carbons (Fsp3) is 0.429. The van der Waals surface area contributed by atoms with Crippen LogP contribution in [-0.2, 0) is 9.53 Å². The number of fused-ring (bicyclic) bond motifs is 1. The van der Waals surface area contributed by atoms with Gasteiger partial charge in [-0.1, -0.05) is 6.07 Å².